The first-order valence-electron chi connectivity index (χ1n) is 8.34. The molecule has 0 rings (SSSR count). The van der Waals surface area contributed by atoms with E-state index in [4.69, 9.17) is 5.73 Å². The third-order valence-electron chi connectivity index (χ3n) is 3.12. The van der Waals surface area contributed by atoms with Crippen LogP contribution in [-0.2, 0) is 33.5 Å². The molecule has 0 bridgehead atoms. The van der Waals surface area contributed by atoms with E-state index in [-0.39, 0.29) is 19.0 Å². The smallest absolute Gasteiger partial charge is 0.325 e. The van der Waals surface area contributed by atoms with Crippen LogP contribution in [0.25, 0.3) is 0 Å². The normalized spacial score (nSPS) is 9.68. The summed E-state index contributed by atoms with van der Waals surface area (Å²) in [6, 6.07) is 0. The summed E-state index contributed by atoms with van der Waals surface area (Å²) in [7, 11) is 1.11. The van der Waals surface area contributed by atoms with Crippen LogP contribution in [0.4, 0.5) is 0 Å². The van der Waals surface area contributed by atoms with E-state index in [0.29, 0.717) is 6.54 Å². The number of carbonyl (C=O) groups excluding carboxylic acids is 6. The number of rotatable bonds is 12. The highest BCUT2D eigenvalue weighted by Gasteiger charge is 2.21. The summed E-state index contributed by atoms with van der Waals surface area (Å²) in [6.07, 6.45) is 0. The van der Waals surface area contributed by atoms with Crippen LogP contribution in [0, 0.1) is 0 Å². The number of methoxy groups -OCH3 is 1. The Hall–Kier alpha value is -3.22. The quantitative estimate of drug-likeness (QED) is 0.202. The lowest BCUT2D eigenvalue weighted by atomic mass is 10.4. The summed E-state index contributed by atoms with van der Waals surface area (Å²) < 4.78 is 4.46. The highest BCUT2D eigenvalue weighted by molar-refractivity contribution is 5.92. The Labute approximate surface area is 161 Å². The number of nitrogens with one attached hydrogen (secondary N) is 4. The Bertz CT molecular complexity index is 595. The van der Waals surface area contributed by atoms with Crippen LogP contribution in [0.1, 0.15) is 6.92 Å². The van der Waals surface area contributed by atoms with Gasteiger partial charge in [0.05, 0.1) is 33.3 Å². The molecule has 158 valence electrons. The lowest BCUT2D eigenvalue weighted by Gasteiger charge is -2.21. The molecule has 0 aliphatic rings. The van der Waals surface area contributed by atoms with Gasteiger partial charge in [-0.25, -0.2) is 0 Å². The van der Waals surface area contributed by atoms with Gasteiger partial charge in [-0.1, -0.05) is 0 Å². The summed E-state index contributed by atoms with van der Waals surface area (Å²) in [6.45, 7) is -0.382. The first kappa shape index (κ1) is 24.8. The fourth-order valence-corrected chi connectivity index (χ4v) is 1.72. The zero-order valence-electron chi connectivity index (χ0n) is 15.8. The third-order valence-corrected chi connectivity index (χ3v) is 3.12. The van der Waals surface area contributed by atoms with E-state index in [1.54, 1.807) is 6.92 Å². The van der Waals surface area contributed by atoms with Crippen molar-refractivity contribution in [1.82, 2.24) is 26.2 Å². The van der Waals surface area contributed by atoms with Crippen LogP contribution in [-0.4, -0.2) is 93.3 Å². The Kier molecular flexibility index (Phi) is 12.3. The number of likely N-dealkylation sites (N-methyl/N-ethyl adjacent to an activating group) is 1. The van der Waals surface area contributed by atoms with Gasteiger partial charge in [0.15, 0.2) is 0 Å². The van der Waals surface area contributed by atoms with Gasteiger partial charge in [0.25, 0.3) is 0 Å². The minimum absolute atomic E-state index is 0.240. The molecule has 0 aromatic heterocycles. The number of nitrogens with two attached hydrogens (primary N) is 1. The molecule has 0 atom stereocenters. The Morgan fingerprint density at radius 2 is 1.32 bits per heavy atom. The molecule has 0 fully saturated rings. The second-order valence-corrected chi connectivity index (χ2v) is 5.31. The van der Waals surface area contributed by atoms with Crippen molar-refractivity contribution in [2.75, 3.05) is 52.9 Å². The van der Waals surface area contributed by atoms with Gasteiger partial charge in [-0.05, 0) is 6.92 Å². The van der Waals surface area contributed by atoms with E-state index in [0.717, 1.165) is 12.0 Å². The van der Waals surface area contributed by atoms with E-state index in [1.165, 1.54) is 0 Å². The molecule has 0 saturated carbocycles. The Morgan fingerprint density at radius 3 is 1.86 bits per heavy atom. The first-order valence-corrected chi connectivity index (χ1v) is 8.34. The molecule has 0 unspecified atom stereocenters. The lowest BCUT2D eigenvalue weighted by Crippen LogP contribution is -2.49. The molecule has 28 heavy (non-hydrogen) atoms. The van der Waals surface area contributed by atoms with Crippen LogP contribution in [0.3, 0.4) is 0 Å². The Morgan fingerprint density at radius 1 is 0.786 bits per heavy atom. The second-order valence-electron chi connectivity index (χ2n) is 5.31. The molecule has 0 aliphatic carbocycles. The predicted octanol–water partition coefficient (Wildman–Crippen LogP) is -4.57. The summed E-state index contributed by atoms with van der Waals surface area (Å²) in [5.74, 6) is -3.79. The van der Waals surface area contributed by atoms with E-state index >= 15 is 0 Å². The summed E-state index contributed by atoms with van der Waals surface area (Å²) in [4.78, 5) is 70.2. The van der Waals surface area contributed by atoms with Crippen molar-refractivity contribution in [1.29, 1.82) is 0 Å². The van der Waals surface area contributed by atoms with Gasteiger partial charge < -0.3 is 36.6 Å². The SMILES string of the molecule is CCNC(=O)CNC(=O)CNC(=O)CN(CC(=O)OC)C(=O)CNC(=O)CN. The maximum atomic E-state index is 12.1. The number of nitrogens with zero attached hydrogens (tertiary/aromatic N) is 1. The topological polar surface area (TPSA) is 189 Å². The molecule has 6 N–H and O–H groups in total. The van der Waals surface area contributed by atoms with Crippen molar-refractivity contribution < 1.29 is 33.5 Å². The van der Waals surface area contributed by atoms with Gasteiger partial charge in [-0.3, -0.25) is 28.8 Å². The number of ether oxygens (including phenoxy) is 1. The fourth-order valence-electron chi connectivity index (χ4n) is 1.72. The van der Waals surface area contributed by atoms with Gasteiger partial charge in [0.1, 0.15) is 13.1 Å². The van der Waals surface area contributed by atoms with Gasteiger partial charge in [0, 0.05) is 6.54 Å². The molecular weight excluding hydrogens is 376 g/mol. The van der Waals surface area contributed by atoms with E-state index < -0.39 is 55.8 Å². The maximum Gasteiger partial charge on any atom is 0.325 e. The molecule has 0 spiro atoms. The van der Waals surface area contributed by atoms with E-state index in [2.05, 4.69) is 26.0 Å². The first-order chi connectivity index (χ1) is 13.2. The number of amides is 5. The van der Waals surface area contributed by atoms with Crippen molar-refractivity contribution in [3.63, 3.8) is 0 Å². The van der Waals surface area contributed by atoms with Gasteiger partial charge in [0.2, 0.25) is 29.5 Å². The van der Waals surface area contributed by atoms with Crippen LogP contribution < -0.4 is 27.0 Å². The second kappa shape index (κ2) is 13.9. The average molecular weight is 402 g/mol. The molecular formula is C15H26N6O7. The molecule has 0 radical (unpaired) electrons. The maximum absolute atomic E-state index is 12.1. The highest BCUT2D eigenvalue weighted by atomic mass is 16.5. The van der Waals surface area contributed by atoms with E-state index in [9.17, 15) is 28.8 Å². The predicted molar refractivity (Wildman–Crippen MR) is 95.4 cm³/mol. The largest absolute Gasteiger partial charge is 0.468 e. The standard InChI is InChI=1S/C15H26N6O7/c1-3-17-11(23)5-18-12(24)6-19-13(25)8-21(9-15(27)28-2)14(26)7-20-10(22)4-16/h3-9,16H2,1-2H3,(H,17,23)(H,18,24)(H,19,25)(H,20,22). The molecule has 13 heteroatoms. The third kappa shape index (κ3) is 11.4. The van der Waals surface area contributed by atoms with Crippen molar-refractivity contribution >= 4 is 35.5 Å². The van der Waals surface area contributed by atoms with Crippen molar-refractivity contribution in [3.05, 3.63) is 0 Å². The summed E-state index contributed by atoms with van der Waals surface area (Å²) in [5.41, 5.74) is 5.11. The fraction of sp³-hybridized carbons (Fsp3) is 0.600. The van der Waals surface area contributed by atoms with Gasteiger partial charge in [-0.2, -0.15) is 0 Å². The van der Waals surface area contributed by atoms with Gasteiger partial charge in [-0.15, -0.1) is 0 Å². The number of hydrogen-bond acceptors (Lipinski definition) is 8. The van der Waals surface area contributed by atoms with Crippen molar-refractivity contribution in [2.24, 2.45) is 5.73 Å². The van der Waals surface area contributed by atoms with Crippen LogP contribution in [0.5, 0.6) is 0 Å². The monoisotopic (exact) mass is 402 g/mol. The van der Waals surface area contributed by atoms with Crippen LogP contribution in [0.2, 0.25) is 0 Å². The molecule has 0 aliphatic heterocycles. The lowest BCUT2D eigenvalue weighted by molar-refractivity contribution is -0.148. The van der Waals surface area contributed by atoms with Crippen LogP contribution >= 0.6 is 0 Å². The highest BCUT2D eigenvalue weighted by Crippen LogP contribution is 1.92. The molecule has 0 heterocycles. The van der Waals surface area contributed by atoms with Crippen molar-refractivity contribution in [2.45, 2.75) is 6.92 Å². The average Bonchev–Trinajstić information content (AvgIpc) is 2.67. The zero-order valence-corrected chi connectivity index (χ0v) is 15.8. The summed E-state index contributed by atoms with van der Waals surface area (Å²) in [5, 5.41) is 9.26. The number of esters is 1. The molecule has 0 saturated heterocycles. The Balaban J connectivity index is 4.55. The summed E-state index contributed by atoms with van der Waals surface area (Å²) >= 11 is 0. The molecule has 13 nitrogen and oxygen atoms in total. The van der Waals surface area contributed by atoms with Crippen LogP contribution in [0.15, 0.2) is 0 Å². The molecule has 0 aromatic carbocycles. The minimum Gasteiger partial charge on any atom is -0.468 e. The molecule has 0 aromatic rings. The minimum atomic E-state index is -0.772. The number of hydrogen-bond donors (Lipinski definition) is 5. The van der Waals surface area contributed by atoms with E-state index in [1.807, 2.05) is 0 Å². The number of carbonyl (C=O) groups is 6. The van der Waals surface area contributed by atoms with Gasteiger partial charge >= 0.3 is 5.97 Å². The van der Waals surface area contributed by atoms with Crippen molar-refractivity contribution in [3.8, 4) is 0 Å². The molecule has 5 amide bonds. The zero-order chi connectivity index (χ0) is 21.5.